The van der Waals surface area contributed by atoms with E-state index >= 15 is 0 Å². The molecule has 0 atom stereocenters. The van der Waals surface area contributed by atoms with Crippen molar-refractivity contribution in [2.45, 2.75) is 53.4 Å². The highest BCUT2D eigenvalue weighted by Crippen LogP contribution is 2.17. The third-order valence-corrected chi connectivity index (χ3v) is 3.48. The zero-order valence-electron chi connectivity index (χ0n) is 12.0. The van der Waals surface area contributed by atoms with Gasteiger partial charge in [0.1, 0.15) is 5.82 Å². The van der Waals surface area contributed by atoms with E-state index in [1.54, 1.807) is 0 Å². The van der Waals surface area contributed by atoms with Gasteiger partial charge < -0.3 is 4.57 Å². The summed E-state index contributed by atoms with van der Waals surface area (Å²) in [5.41, 5.74) is 2.31. The average molecular weight is 245 g/mol. The minimum Gasteiger partial charge on any atom is -0.314 e. The van der Waals surface area contributed by atoms with Gasteiger partial charge in [0, 0.05) is 12.1 Å². The fourth-order valence-corrected chi connectivity index (χ4v) is 2.46. The van der Waals surface area contributed by atoms with Gasteiger partial charge in [-0.3, -0.25) is 4.90 Å². The lowest BCUT2D eigenvalue weighted by Gasteiger charge is -2.31. The molecule has 0 radical (unpaired) electrons. The van der Waals surface area contributed by atoms with Gasteiger partial charge >= 0.3 is 0 Å². The van der Waals surface area contributed by atoms with Crippen LogP contribution in [0.5, 0.6) is 0 Å². The van der Waals surface area contributed by atoms with Crippen LogP contribution in [0.2, 0.25) is 0 Å². The molecule has 1 aromatic carbocycles. The molecule has 0 N–H and O–H groups in total. The molecule has 0 saturated heterocycles. The molecule has 3 nitrogen and oxygen atoms in total. The topological polar surface area (TPSA) is 21.1 Å². The van der Waals surface area contributed by atoms with Crippen LogP contribution in [0, 0.1) is 6.92 Å². The molecule has 2 aromatic rings. The summed E-state index contributed by atoms with van der Waals surface area (Å²) in [4.78, 5) is 7.09. The predicted octanol–water partition coefficient (Wildman–Crippen LogP) is 3.42. The molecule has 18 heavy (non-hydrogen) atoms. The van der Waals surface area contributed by atoms with E-state index in [-0.39, 0.29) is 0 Å². The Balaban J connectivity index is 2.39. The molecule has 98 valence electrons. The quantitative estimate of drug-likeness (QED) is 0.823. The maximum atomic E-state index is 4.62. The highest BCUT2D eigenvalue weighted by Gasteiger charge is 2.16. The first-order chi connectivity index (χ1) is 8.50. The maximum absolute atomic E-state index is 4.62. The minimum absolute atomic E-state index is 0.533. The fraction of sp³-hybridized carbons (Fsp3) is 0.533. The Bertz CT molecular complexity index is 518. The molecule has 2 rings (SSSR count). The zero-order chi connectivity index (χ0) is 13.3. The Morgan fingerprint density at radius 3 is 2.33 bits per heavy atom. The van der Waals surface area contributed by atoms with Crippen LogP contribution in [0.25, 0.3) is 11.0 Å². The minimum atomic E-state index is 0.533. The summed E-state index contributed by atoms with van der Waals surface area (Å²) in [7, 11) is 0. The van der Waals surface area contributed by atoms with Crippen molar-refractivity contribution in [3.63, 3.8) is 0 Å². The molecule has 0 amide bonds. The van der Waals surface area contributed by atoms with E-state index in [0.29, 0.717) is 12.1 Å². The van der Waals surface area contributed by atoms with E-state index in [9.17, 15) is 0 Å². The zero-order valence-corrected chi connectivity index (χ0v) is 12.0. The van der Waals surface area contributed by atoms with Crippen molar-refractivity contribution in [2.75, 3.05) is 0 Å². The SMILES string of the molecule is Cc1nc2ccccc2n1CN(C(C)C)C(C)C. The fourth-order valence-electron chi connectivity index (χ4n) is 2.46. The molecule has 0 fully saturated rings. The maximum Gasteiger partial charge on any atom is 0.107 e. The van der Waals surface area contributed by atoms with Gasteiger partial charge in [-0.05, 0) is 46.8 Å². The normalized spacial score (nSPS) is 12.2. The molecule has 0 aliphatic heterocycles. The van der Waals surface area contributed by atoms with Gasteiger partial charge in [0.15, 0.2) is 0 Å². The van der Waals surface area contributed by atoms with Crippen LogP contribution in [-0.4, -0.2) is 26.5 Å². The summed E-state index contributed by atoms with van der Waals surface area (Å²) in [6.07, 6.45) is 0. The van der Waals surface area contributed by atoms with E-state index in [1.807, 2.05) is 6.07 Å². The Kier molecular flexibility index (Phi) is 3.71. The third-order valence-electron chi connectivity index (χ3n) is 3.48. The smallest absolute Gasteiger partial charge is 0.107 e. The van der Waals surface area contributed by atoms with Crippen molar-refractivity contribution in [3.8, 4) is 0 Å². The first kappa shape index (κ1) is 13.1. The molecule has 1 aromatic heterocycles. The number of aromatic nitrogens is 2. The van der Waals surface area contributed by atoms with Crippen molar-refractivity contribution in [3.05, 3.63) is 30.1 Å². The van der Waals surface area contributed by atoms with Gasteiger partial charge in [-0.2, -0.15) is 0 Å². The standard InChI is InChI=1S/C15H23N3/c1-11(2)17(12(3)4)10-18-13(5)16-14-8-6-7-9-15(14)18/h6-9,11-12H,10H2,1-5H3. The Hall–Kier alpha value is -1.35. The first-order valence-electron chi connectivity index (χ1n) is 6.68. The lowest BCUT2D eigenvalue weighted by Crippen LogP contribution is -2.38. The van der Waals surface area contributed by atoms with E-state index in [1.165, 1.54) is 5.52 Å². The van der Waals surface area contributed by atoms with E-state index < -0.39 is 0 Å². The number of nitrogens with zero attached hydrogens (tertiary/aromatic N) is 3. The van der Waals surface area contributed by atoms with Crippen LogP contribution >= 0.6 is 0 Å². The van der Waals surface area contributed by atoms with E-state index in [2.05, 4.69) is 67.3 Å². The monoisotopic (exact) mass is 245 g/mol. The van der Waals surface area contributed by atoms with Crippen LogP contribution in [0.15, 0.2) is 24.3 Å². The molecule has 0 spiro atoms. The molecule has 0 aliphatic carbocycles. The van der Waals surface area contributed by atoms with Crippen LogP contribution in [0.4, 0.5) is 0 Å². The average Bonchev–Trinajstić information content (AvgIpc) is 2.61. The summed E-state index contributed by atoms with van der Waals surface area (Å²) in [6.45, 7) is 12.0. The van der Waals surface area contributed by atoms with Crippen LogP contribution in [0.3, 0.4) is 0 Å². The molecular weight excluding hydrogens is 222 g/mol. The number of imidazole rings is 1. The number of para-hydroxylation sites is 2. The van der Waals surface area contributed by atoms with Gasteiger partial charge in [-0.1, -0.05) is 12.1 Å². The Morgan fingerprint density at radius 1 is 1.11 bits per heavy atom. The second-order valence-corrected chi connectivity index (χ2v) is 5.42. The second kappa shape index (κ2) is 5.11. The number of hydrogen-bond acceptors (Lipinski definition) is 2. The van der Waals surface area contributed by atoms with Crippen molar-refractivity contribution >= 4 is 11.0 Å². The van der Waals surface area contributed by atoms with Crippen LogP contribution in [-0.2, 0) is 6.67 Å². The summed E-state index contributed by atoms with van der Waals surface area (Å²) >= 11 is 0. The summed E-state index contributed by atoms with van der Waals surface area (Å²) < 4.78 is 2.30. The number of aryl methyl sites for hydroxylation is 1. The van der Waals surface area contributed by atoms with Crippen molar-refractivity contribution in [1.82, 2.24) is 14.5 Å². The molecule has 0 aliphatic rings. The van der Waals surface area contributed by atoms with Crippen LogP contribution < -0.4 is 0 Å². The summed E-state index contributed by atoms with van der Waals surface area (Å²) in [5.74, 6) is 1.09. The summed E-state index contributed by atoms with van der Waals surface area (Å²) in [6, 6.07) is 9.41. The lowest BCUT2D eigenvalue weighted by atomic mass is 10.2. The van der Waals surface area contributed by atoms with Crippen molar-refractivity contribution < 1.29 is 0 Å². The van der Waals surface area contributed by atoms with Gasteiger partial charge in [-0.25, -0.2) is 4.98 Å². The molecule has 1 heterocycles. The predicted molar refractivity (Wildman–Crippen MR) is 76.6 cm³/mol. The molecular formula is C15H23N3. The largest absolute Gasteiger partial charge is 0.314 e. The van der Waals surface area contributed by atoms with E-state index in [0.717, 1.165) is 18.0 Å². The van der Waals surface area contributed by atoms with Gasteiger partial charge in [-0.15, -0.1) is 0 Å². The third kappa shape index (κ3) is 2.41. The van der Waals surface area contributed by atoms with Crippen molar-refractivity contribution in [2.24, 2.45) is 0 Å². The first-order valence-corrected chi connectivity index (χ1v) is 6.68. The number of fused-ring (bicyclic) bond motifs is 1. The lowest BCUT2D eigenvalue weighted by molar-refractivity contribution is 0.132. The Labute approximate surface area is 109 Å². The summed E-state index contributed by atoms with van der Waals surface area (Å²) in [5, 5.41) is 0. The van der Waals surface area contributed by atoms with Gasteiger partial charge in [0.05, 0.1) is 17.7 Å². The van der Waals surface area contributed by atoms with Crippen molar-refractivity contribution in [1.29, 1.82) is 0 Å². The molecule has 3 heteroatoms. The van der Waals surface area contributed by atoms with Gasteiger partial charge in [0.25, 0.3) is 0 Å². The Morgan fingerprint density at radius 2 is 1.72 bits per heavy atom. The second-order valence-electron chi connectivity index (χ2n) is 5.42. The molecule has 0 bridgehead atoms. The number of hydrogen-bond donors (Lipinski definition) is 0. The number of benzene rings is 1. The van der Waals surface area contributed by atoms with Gasteiger partial charge in [0.2, 0.25) is 0 Å². The highest BCUT2D eigenvalue weighted by atomic mass is 15.3. The molecule has 0 unspecified atom stereocenters. The highest BCUT2D eigenvalue weighted by molar-refractivity contribution is 5.75. The number of rotatable bonds is 4. The van der Waals surface area contributed by atoms with E-state index in [4.69, 9.17) is 0 Å². The molecule has 0 saturated carbocycles. The van der Waals surface area contributed by atoms with Crippen LogP contribution in [0.1, 0.15) is 33.5 Å².